The summed E-state index contributed by atoms with van der Waals surface area (Å²) in [4.78, 5) is 13.4. The molecule has 0 aromatic heterocycles. The third-order valence-electron chi connectivity index (χ3n) is 3.25. The van der Waals surface area contributed by atoms with Crippen LogP contribution in [0.2, 0.25) is 0 Å². The Morgan fingerprint density at radius 2 is 1.95 bits per heavy atom. The molecule has 0 atom stereocenters. The standard InChI is InChI=1S/C16H19N3O/c1-11-4-3-5-12(8-11)10-19(2)13-6-7-15(17)14(9-13)16(18)20/h3-9H,10,17H2,1-2H3,(H2,18,20). The van der Waals surface area contributed by atoms with E-state index in [9.17, 15) is 4.79 Å². The van der Waals surface area contributed by atoms with E-state index in [1.165, 1.54) is 11.1 Å². The zero-order chi connectivity index (χ0) is 14.7. The molecular formula is C16H19N3O. The summed E-state index contributed by atoms with van der Waals surface area (Å²) in [7, 11) is 1.97. The van der Waals surface area contributed by atoms with Crippen molar-refractivity contribution in [3.63, 3.8) is 0 Å². The summed E-state index contributed by atoms with van der Waals surface area (Å²) >= 11 is 0. The van der Waals surface area contributed by atoms with Crippen LogP contribution in [-0.2, 0) is 6.54 Å². The van der Waals surface area contributed by atoms with Gasteiger partial charge in [-0.1, -0.05) is 29.8 Å². The maximum atomic E-state index is 11.3. The summed E-state index contributed by atoms with van der Waals surface area (Å²) in [5, 5.41) is 0. The van der Waals surface area contributed by atoms with E-state index in [1.54, 1.807) is 12.1 Å². The SMILES string of the molecule is Cc1cccc(CN(C)c2ccc(N)c(C(N)=O)c2)c1. The second-order valence-electron chi connectivity index (χ2n) is 4.98. The maximum absolute atomic E-state index is 11.3. The van der Waals surface area contributed by atoms with Crippen LogP contribution >= 0.6 is 0 Å². The number of primary amides is 1. The lowest BCUT2D eigenvalue weighted by molar-refractivity contribution is 0.100. The highest BCUT2D eigenvalue weighted by Gasteiger charge is 2.09. The van der Waals surface area contributed by atoms with Crippen molar-refractivity contribution in [2.45, 2.75) is 13.5 Å². The van der Waals surface area contributed by atoms with Gasteiger partial charge in [0.15, 0.2) is 0 Å². The van der Waals surface area contributed by atoms with E-state index in [1.807, 2.05) is 19.2 Å². The maximum Gasteiger partial charge on any atom is 0.250 e. The van der Waals surface area contributed by atoms with Gasteiger partial charge in [-0.2, -0.15) is 0 Å². The van der Waals surface area contributed by atoms with Crippen molar-refractivity contribution in [2.75, 3.05) is 17.7 Å². The van der Waals surface area contributed by atoms with Crippen molar-refractivity contribution in [1.29, 1.82) is 0 Å². The quantitative estimate of drug-likeness (QED) is 0.837. The van der Waals surface area contributed by atoms with E-state index in [-0.39, 0.29) is 0 Å². The predicted octanol–water partition coefficient (Wildman–Crippen LogP) is 2.31. The third kappa shape index (κ3) is 3.09. The fourth-order valence-electron chi connectivity index (χ4n) is 2.17. The molecule has 0 saturated carbocycles. The molecule has 0 bridgehead atoms. The van der Waals surface area contributed by atoms with Crippen molar-refractivity contribution in [2.24, 2.45) is 5.73 Å². The Bertz CT molecular complexity index is 637. The van der Waals surface area contributed by atoms with Crippen LogP contribution < -0.4 is 16.4 Å². The van der Waals surface area contributed by atoms with E-state index in [0.29, 0.717) is 11.3 Å². The van der Waals surface area contributed by atoms with Crippen molar-refractivity contribution in [3.8, 4) is 0 Å². The molecule has 4 heteroatoms. The van der Waals surface area contributed by atoms with Crippen molar-refractivity contribution < 1.29 is 4.79 Å². The van der Waals surface area contributed by atoms with Crippen LogP contribution in [0.1, 0.15) is 21.5 Å². The molecule has 104 valence electrons. The Balaban J connectivity index is 2.23. The van der Waals surface area contributed by atoms with Crippen LogP contribution in [0.25, 0.3) is 0 Å². The van der Waals surface area contributed by atoms with E-state index < -0.39 is 5.91 Å². The van der Waals surface area contributed by atoms with E-state index >= 15 is 0 Å². The van der Waals surface area contributed by atoms with Crippen LogP contribution in [0.15, 0.2) is 42.5 Å². The minimum atomic E-state index is -0.506. The lowest BCUT2D eigenvalue weighted by Crippen LogP contribution is -2.19. The van der Waals surface area contributed by atoms with E-state index in [0.717, 1.165) is 12.2 Å². The highest BCUT2D eigenvalue weighted by molar-refractivity contribution is 5.99. The van der Waals surface area contributed by atoms with E-state index in [4.69, 9.17) is 11.5 Å². The minimum absolute atomic E-state index is 0.360. The first-order valence-corrected chi connectivity index (χ1v) is 6.43. The van der Waals surface area contributed by atoms with Gasteiger partial charge in [0.05, 0.1) is 5.56 Å². The molecule has 20 heavy (non-hydrogen) atoms. The first-order valence-electron chi connectivity index (χ1n) is 6.43. The molecule has 2 aromatic rings. The fourth-order valence-corrected chi connectivity index (χ4v) is 2.17. The first-order chi connectivity index (χ1) is 9.47. The monoisotopic (exact) mass is 269 g/mol. The van der Waals surface area contributed by atoms with Crippen LogP contribution in [0.3, 0.4) is 0 Å². The van der Waals surface area contributed by atoms with Gasteiger partial charge < -0.3 is 16.4 Å². The van der Waals surface area contributed by atoms with Gasteiger partial charge >= 0.3 is 0 Å². The highest BCUT2D eigenvalue weighted by Crippen LogP contribution is 2.21. The molecule has 0 aliphatic rings. The fraction of sp³-hybridized carbons (Fsp3) is 0.188. The molecule has 0 heterocycles. The number of benzene rings is 2. The molecule has 0 spiro atoms. The summed E-state index contributed by atoms with van der Waals surface area (Å²) in [5.74, 6) is -0.506. The second kappa shape index (κ2) is 5.65. The van der Waals surface area contributed by atoms with Gasteiger partial charge in [0, 0.05) is 25.0 Å². The molecule has 4 N–H and O–H groups in total. The number of amides is 1. The van der Waals surface area contributed by atoms with Crippen molar-refractivity contribution in [1.82, 2.24) is 0 Å². The summed E-state index contributed by atoms with van der Waals surface area (Å²) < 4.78 is 0. The smallest absolute Gasteiger partial charge is 0.250 e. The Labute approximate surface area is 119 Å². The van der Waals surface area contributed by atoms with Gasteiger partial charge in [-0.05, 0) is 30.7 Å². The Morgan fingerprint density at radius 1 is 1.20 bits per heavy atom. The lowest BCUT2D eigenvalue weighted by Gasteiger charge is -2.20. The molecule has 1 amide bonds. The molecular weight excluding hydrogens is 250 g/mol. The number of carbonyl (C=O) groups excluding carboxylic acids is 1. The van der Waals surface area contributed by atoms with Gasteiger partial charge in [0.25, 0.3) is 5.91 Å². The molecule has 2 aromatic carbocycles. The number of hydrogen-bond donors (Lipinski definition) is 2. The number of hydrogen-bond acceptors (Lipinski definition) is 3. The van der Waals surface area contributed by atoms with Gasteiger partial charge in [-0.15, -0.1) is 0 Å². The largest absolute Gasteiger partial charge is 0.398 e. The topological polar surface area (TPSA) is 72.3 Å². The number of nitrogens with two attached hydrogens (primary N) is 2. The minimum Gasteiger partial charge on any atom is -0.398 e. The zero-order valence-electron chi connectivity index (χ0n) is 11.8. The number of nitrogens with zero attached hydrogens (tertiary/aromatic N) is 1. The molecule has 2 rings (SSSR count). The number of rotatable bonds is 4. The summed E-state index contributed by atoms with van der Waals surface area (Å²) in [5.41, 5.74) is 15.2. The number of nitrogen functional groups attached to an aromatic ring is 1. The van der Waals surface area contributed by atoms with Crippen LogP contribution in [0.4, 0.5) is 11.4 Å². The summed E-state index contributed by atoms with van der Waals surface area (Å²) in [6.45, 7) is 2.82. The Kier molecular flexibility index (Phi) is 3.94. The highest BCUT2D eigenvalue weighted by atomic mass is 16.1. The van der Waals surface area contributed by atoms with Crippen LogP contribution in [0.5, 0.6) is 0 Å². The molecule has 0 aliphatic carbocycles. The second-order valence-corrected chi connectivity index (χ2v) is 4.98. The van der Waals surface area contributed by atoms with Crippen LogP contribution in [-0.4, -0.2) is 13.0 Å². The number of aryl methyl sites for hydroxylation is 1. The Morgan fingerprint density at radius 3 is 2.60 bits per heavy atom. The summed E-state index contributed by atoms with van der Waals surface area (Å²) in [6, 6.07) is 13.7. The van der Waals surface area contributed by atoms with Gasteiger partial charge in [0.1, 0.15) is 0 Å². The molecule has 0 unspecified atom stereocenters. The van der Waals surface area contributed by atoms with Gasteiger partial charge in [0.2, 0.25) is 0 Å². The molecule has 0 saturated heterocycles. The molecule has 4 nitrogen and oxygen atoms in total. The average Bonchev–Trinajstić information content (AvgIpc) is 2.38. The van der Waals surface area contributed by atoms with E-state index in [2.05, 4.69) is 30.0 Å². The summed E-state index contributed by atoms with van der Waals surface area (Å²) in [6.07, 6.45) is 0. The molecule has 0 aliphatic heterocycles. The molecule has 0 fully saturated rings. The first kappa shape index (κ1) is 13.9. The Hall–Kier alpha value is -2.49. The average molecular weight is 269 g/mol. The zero-order valence-corrected chi connectivity index (χ0v) is 11.8. The van der Waals surface area contributed by atoms with Gasteiger partial charge in [-0.3, -0.25) is 4.79 Å². The van der Waals surface area contributed by atoms with Crippen LogP contribution in [0, 0.1) is 6.92 Å². The number of anilines is 2. The normalized spacial score (nSPS) is 10.3. The predicted molar refractivity (Wildman–Crippen MR) is 82.7 cm³/mol. The third-order valence-corrected chi connectivity index (χ3v) is 3.25. The molecule has 0 radical (unpaired) electrons. The number of carbonyl (C=O) groups is 1. The van der Waals surface area contributed by atoms with Crippen molar-refractivity contribution >= 4 is 17.3 Å². The van der Waals surface area contributed by atoms with Crippen molar-refractivity contribution in [3.05, 3.63) is 59.2 Å². The van der Waals surface area contributed by atoms with Gasteiger partial charge in [-0.25, -0.2) is 0 Å². The lowest BCUT2D eigenvalue weighted by atomic mass is 10.1.